The molecule has 0 aromatic heterocycles. The predicted octanol–water partition coefficient (Wildman–Crippen LogP) is 0.634. The Labute approximate surface area is 108 Å². The number of hydrogen-bond donors (Lipinski definition) is 1. The molecule has 0 fully saturated rings. The third-order valence-electron chi connectivity index (χ3n) is 2.28. The number of carbonyl (C=O) groups excluding carboxylic acids is 2. The van der Waals surface area contributed by atoms with Crippen molar-refractivity contribution in [3.63, 3.8) is 0 Å². The Kier molecular flexibility index (Phi) is 4.41. The molecular formula is C11H12N2O6. The monoisotopic (exact) mass is 268 g/mol. The molecule has 8 heteroatoms. The van der Waals surface area contributed by atoms with Crippen LogP contribution in [0.4, 0.5) is 5.69 Å². The van der Waals surface area contributed by atoms with Gasteiger partial charge in [0.15, 0.2) is 11.9 Å². The molecule has 102 valence electrons. The molecule has 8 nitrogen and oxygen atoms in total. The van der Waals surface area contributed by atoms with Gasteiger partial charge >= 0.3 is 11.7 Å². The molecule has 1 atom stereocenters. The van der Waals surface area contributed by atoms with Crippen LogP contribution in [-0.4, -0.2) is 30.0 Å². The van der Waals surface area contributed by atoms with Gasteiger partial charge in [-0.25, -0.2) is 4.79 Å². The van der Waals surface area contributed by atoms with Crippen molar-refractivity contribution in [3.8, 4) is 5.75 Å². The van der Waals surface area contributed by atoms with Crippen molar-refractivity contribution < 1.29 is 24.0 Å². The topological polar surface area (TPSA) is 122 Å². The van der Waals surface area contributed by atoms with Gasteiger partial charge in [-0.2, -0.15) is 0 Å². The molecule has 1 aromatic rings. The van der Waals surface area contributed by atoms with E-state index in [4.69, 9.17) is 10.5 Å². The van der Waals surface area contributed by atoms with E-state index in [1.165, 1.54) is 26.2 Å². The van der Waals surface area contributed by atoms with Crippen molar-refractivity contribution in [2.45, 2.75) is 13.0 Å². The number of hydrogen-bond acceptors (Lipinski definition) is 6. The second-order valence-corrected chi connectivity index (χ2v) is 3.59. The van der Waals surface area contributed by atoms with Crippen LogP contribution in [0.3, 0.4) is 0 Å². The first-order valence-electron chi connectivity index (χ1n) is 5.19. The first-order chi connectivity index (χ1) is 8.86. The van der Waals surface area contributed by atoms with Gasteiger partial charge in [-0.05, 0) is 19.1 Å². The van der Waals surface area contributed by atoms with Crippen LogP contribution in [0, 0.1) is 10.1 Å². The summed E-state index contributed by atoms with van der Waals surface area (Å²) in [6.07, 6.45) is -1.01. The van der Waals surface area contributed by atoms with Crippen molar-refractivity contribution in [2.24, 2.45) is 5.73 Å². The molecule has 0 aliphatic heterocycles. The zero-order valence-corrected chi connectivity index (χ0v) is 10.3. The minimum atomic E-state index is -1.01. The lowest BCUT2D eigenvalue weighted by molar-refractivity contribution is -0.386. The van der Waals surface area contributed by atoms with E-state index < -0.39 is 28.6 Å². The number of nitrogens with zero attached hydrogens (tertiary/aromatic N) is 1. The lowest BCUT2D eigenvalue weighted by Crippen LogP contribution is -2.25. The quantitative estimate of drug-likeness (QED) is 0.475. The van der Waals surface area contributed by atoms with Gasteiger partial charge in [-0.15, -0.1) is 0 Å². The van der Waals surface area contributed by atoms with E-state index in [1.807, 2.05) is 0 Å². The van der Waals surface area contributed by atoms with Crippen molar-refractivity contribution in [2.75, 3.05) is 7.11 Å². The number of nitro benzene ring substituents is 1. The fraction of sp³-hybridized carbons (Fsp3) is 0.273. The second-order valence-electron chi connectivity index (χ2n) is 3.59. The number of methoxy groups -OCH3 is 1. The van der Waals surface area contributed by atoms with Gasteiger partial charge in [0.25, 0.3) is 0 Å². The van der Waals surface area contributed by atoms with E-state index >= 15 is 0 Å². The van der Waals surface area contributed by atoms with E-state index in [0.717, 1.165) is 6.07 Å². The number of rotatable bonds is 5. The normalized spacial score (nSPS) is 11.5. The van der Waals surface area contributed by atoms with Crippen molar-refractivity contribution >= 4 is 17.6 Å². The smallest absolute Gasteiger partial charge is 0.346 e. The maximum Gasteiger partial charge on any atom is 0.346 e. The molecule has 0 heterocycles. The lowest BCUT2D eigenvalue weighted by Gasteiger charge is -2.12. The lowest BCUT2D eigenvalue weighted by atomic mass is 10.2. The molecular weight excluding hydrogens is 256 g/mol. The van der Waals surface area contributed by atoms with E-state index in [-0.39, 0.29) is 11.3 Å². The summed E-state index contributed by atoms with van der Waals surface area (Å²) >= 11 is 0. The van der Waals surface area contributed by atoms with Crippen LogP contribution < -0.4 is 10.5 Å². The molecule has 0 spiro atoms. The fourth-order valence-corrected chi connectivity index (χ4v) is 1.32. The summed E-state index contributed by atoms with van der Waals surface area (Å²) in [5.74, 6) is -1.61. The number of nitrogens with two attached hydrogens (primary N) is 1. The number of esters is 1. The molecule has 0 radical (unpaired) electrons. The maximum atomic E-state index is 11.2. The second kappa shape index (κ2) is 5.80. The van der Waals surface area contributed by atoms with Crippen LogP contribution in [0.25, 0.3) is 0 Å². The third-order valence-corrected chi connectivity index (χ3v) is 2.28. The minimum absolute atomic E-state index is 0.0234. The fourth-order valence-electron chi connectivity index (χ4n) is 1.32. The largest absolute Gasteiger partial charge is 0.472 e. The highest BCUT2D eigenvalue weighted by atomic mass is 16.6. The molecule has 0 unspecified atom stereocenters. The summed E-state index contributed by atoms with van der Waals surface area (Å²) in [6.45, 7) is 1.39. The van der Waals surface area contributed by atoms with Gasteiger partial charge in [0, 0.05) is 11.6 Å². The first kappa shape index (κ1) is 14.4. The van der Waals surface area contributed by atoms with E-state index in [2.05, 4.69) is 4.74 Å². The molecule has 1 aromatic carbocycles. The standard InChI is InChI=1S/C11H12N2O6/c1-6(11(15)18-2)19-9-4-3-7(10(12)14)5-8(9)13(16)17/h3-6H,1-2H3,(H2,12,14)/t6-/m0/s1. The average Bonchev–Trinajstić information content (AvgIpc) is 2.37. The number of carbonyl (C=O) groups is 2. The third kappa shape index (κ3) is 3.41. The van der Waals surface area contributed by atoms with Gasteiger partial charge in [0.2, 0.25) is 5.91 Å². The molecule has 0 aliphatic rings. The number of ether oxygens (including phenoxy) is 2. The van der Waals surface area contributed by atoms with Crippen LogP contribution in [0.5, 0.6) is 5.75 Å². The Bertz CT molecular complexity index is 528. The molecule has 1 rings (SSSR count). The highest BCUT2D eigenvalue weighted by molar-refractivity contribution is 5.93. The molecule has 0 bridgehead atoms. The molecule has 19 heavy (non-hydrogen) atoms. The average molecular weight is 268 g/mol. The summed E-state index contributed by atoms with van der Waals surface area (Å²) in [5.41, 5.74) is 4.55. The van der Waals surface area contributed by atoms with Crippen molar-refractivity contribution in [1.82, 2.24) is 0 Å². The molecule has 1 amide bonds. The Balaban J connectivity index is 3.10. The number of benzene rings is 1. The summed E-state index contributed by atoms with van der Waals surface area (Å²) in [5, 5.41) is 10.9. The summed E-state index contributed by atoms with van der Waals surface area (Å²) in [4.78, 5) is 32.3. The summed E-state index contributed by atoms with van der Waals surface area (Å²) in [6, 6.07) is 3.47. The number of amides is 1. The highest BCUT2D eigenvalue weighted by Gasteiger charge is 2.22. The predicted molar refractivity (Wildman–Crippen MR) is 63.7 cm³/mol. The Morgan fingerprint density at radius 2 is 2.05 bits per heavy atom. The zero-order chi connectivity index (χ0) is 14.6. The van der Waals surface area contributed by atoms with Crippen LogP contribution in [0.2, 0.25) is 0 Å². The van der Waals surface area contributed by atoms with Gasteiger partial charge in [0.1, 0.15) is 0 Å². The summed E-state index contributed by atoms with van der Waals surface area (Å²) < 4.78 is 9.56. The van der Waals surface area contributed by atoms with Gasteiger partial charge in [-0.3, -0.25) is 14.9 Å². The Hall–Kier alpha value is -2.64. The van der Waals surface area contributed by atoms with Gasteiger partial charge < -0.3 is 15.2 Å². The van der Waals surface area contributed by atoms with E-state index in [9.17, 15) is 19.7 Å². The number of primary amides is 1. The van der Waals surface area contributed by atoms with Gasteiger partial charge in [0.05, 0.1) is 12.0 Å². The van der Waals surface area contributed by atoms with Crippen LogP contribution >= 0.6 is 0 Å². The first-order valence-corrected chi connectivity index (χ1v) is 5.19. The SMILES string of the molecule is COC(=O)[C@H](C)Oc1ccc(C(N)=O)cc1[N+](=O)[O-]. The van der Waals surface area contributed by atoms with Crippen molar-refractivity contribution in [1.29, 1.82) is 0 Å². The van der Waals surface area contributed by atoms with Crippen LogP contribution in [-0.2, 0) is 9.53 Å². The van der Waals surface area contributed by atoms with E-state index in [1.54, 1.807) is 0 Å². The van der Waals surface area contributed by atoms with E-state index in [0.29, 0.717) is 0 Å². The Morgan fingerprint density at radius 3 is 2.53 bits per heavy atom. The van der Waals surface area contributed by atoms with Gasteiger partial charge in [-0.1, -0.05) is 0 Å². The highest BCUT2D eigenvalue weighted by Crippen LogP contribution is 2.28. The zero-order valence-electron chi connectivity index (χ0n) is 10.3. The van der Waals surface area contributed by atoms with Crippen molar-refractivity contribution in [3.05, 3.63) is 33.9 Å². The molecule has 2 N–H and O–H groups in total. The Morgan fingerprint density at radius 1 is 1.42 bits per heavy atom. The maximum absolute atomic E-state index is 11.2. The molecule has 0 saturated carbocycles. The summed E-state index contributed by atoms with van der Waals surface area (Å²) in [7, 11) is 1.17. The van der Waals surface area contributed by atoms with Crippen LogP contribution in [0.15, 0.2) is 18.2 Å². The number of nitro groups is 1. The minimum Gasteiger partial charge on any atom is -0.472 e. The molecule has 0 saturated heterocycles. The molecule has 0 aliphatic carbocycles. The van der Waals surface area contributed by atoms with Crippen LogP contribution in [0.1, 0.15) is 17.3 Å².